The maximum absolute atomic E-state index is 4.78. The van der Waals surface area contributed by atoms with Crippen molar-refractivity contribution in [3.05, 3.63) is 59.9 Å². The molecule has 0 atom stereocenters. The molecule has 0 radical (unpaired) electrons. The van der Waals surface area contributed by atoms with Crippen LogP contribution in [0.25, 0.3) is 11.3 Å². The second-order valence-corrected chi connectivity index (χ2v) is 7.68. The third-order valence-corrected chi connectivity index (χ3v) is 5.13. The molecular formula is C23H27N5. The maximum atomic E-state index is 4.78. The van der Waals surface area contributed by atoms with E-state index in [-0.39, 0.29) is 0 Å². The number of aryl methyl sites for hydroxylation is 2. The molecule has 1 saturated carbocycles. The lowest BCUT2D eigenvalue weighted by molar-refractivity contribution is 0.461. The highest BCUT2D eigenvalue weighted by Crippen LogP contribution is 2.26. The first-order valence-corrected chi connectivity index (χ1v) is 10.1. The van der Waals surface area contributed by atoms with E-state index < -0.39 is 0 Å². The molecule has 1 fully saturated rings. The van der Waals surface area contributed by atoms with E-state index in [0.717, 1.165) is 22.8 Å². The van der Waals surface area contributed by atoms with Gasteiger partial charge in [0.25, 0.3) is 0 Å². The van der Waals surface area contributed by atoms with Crippen LogP contribution in [0.3, 0.4) is 0 Å². The molecule has 5 heteroatoms. The fourth-order valence-electron chi connectivity index (χ4n) is 3.87. The van der Waals surface area contributed by atoms with Crippen molar-refractivity contribution in [2.24, 2.45) is 0 Å². The van der Waals surface area contributed by atoms with Gasteiger partial charge in [-0.15, -0.1) is 0 Å². The number of nitrogens with zero attached hydrogens (tertiary/aromatic N) is 3. The van der Waals surface area contributed by atoms with Gasteiger partial charge in [-0.1, -0.05) is 25.3 Å². The predicted molar refractivity (Wildman–Crippen MR) is 115 cm³/mol. The molecule has 1 aromatic carbocycles. The average molecular weight is 374 g/mol. The van der Waals surface area contributed by atoms with E-state index in [9.17, 15) is 0 Å². The third kappa shape index (κ3) is 4.66. The highest BCUT2D eigenvalue weighted by atomic mass is 15.2. The van der Waals surface area contributed by atoms with Crippen molar-refractivity contribution in [2.45, 2.75) is 52.0 Å². The van der Waals surface area contributed by atoms with Gasteiger partial charge in [-0.2, -0.15) is 4.98 Å². The highest BCUT2D eigenvalue weighted by molar-refractivity contribution is 5.67. The smallest absolute Gasteiger partial charge is 0.225 e. The molecule has 1 aliphatic carbocycles. The van der Waals surface area contributed by atoms with Crippen molar-refractivity contribution in [3.63, 3.8) is 0 Å². The van der Waals surface area contributed by atoms with Crippen molar-refractivity contribution in [1.82, 2.24) is 15.0 Å². The summed E-state index contributed by atoms with van der Waals surface area (Å²) in [5.74, 6) is 1.48. The summed E-state index contributed by atoms with van der Waals surface area (Å²) in [5, 5.41) is 7.03. The summed E-state index contributed by atoms with van der Waals surface area (Å²) in [6.07, 6.45) is 9.83. The van der Waals surface area contributed by atoms with Crippen LogP contribution in [0.4, 0.5) is 17.5 Å². The Labute approximate surface area is 166 Å². The number of rotatable bonds is 5. The van der Waals surface area contributed by atoms with Crippen LogP contribution in [-0.4, -0.2) is 21.0 Å². The number of hydrogen-bond donors (Lipinski definition) is 2. The van der Waals surface area contributed by atoms with Crippen molar-refractivity contribution in [3.8, 4) is 11.3 Å². The Morgan fingerprint density at radius 1 is 0.857 bits per heavy atom. The molecule has 1 aliphatic rings. The highest BCUT2D eigenvalue weighted by Gasteiger charge is 2.15. The van der Waals surface area contributed by atoms with Gasteiger partial charge in [0.2, 0.25) is 5.95 Å². The summed E-state index contributed by atoms with van der Waals surface area (Å²) < 4.78 is 0. The minimum atomic E-state index is 0.454. The second-order valence-electron chi connectivity index (χ2n) is 7.68. The van der Waals surface area contributed by atoms with Crippen molar-refractivity contribution in [1.29, 1.82) is 0 Å². The first kappa shape index (κ1) is 18.4. The summed E-state index contributed by atoms with van der Waals surface area (Å²) in [6.45, 7) is 4.22. The zero-order valence-electron chi connectivity index (χ0n) is 16.6. The first-order valence-electron chi connectivity index (χ1n) is 10.1. The van der Waals surface area contributed by atoms with E-state index >= 15 is 0 Å². The lowest BCUT2D eigenvalue weighted by Crippen LogP contribution is -2.23. The monoisotopic (exact) mass is 373 g/mol. The van der Waals surface area contributed by atoms with Crippen LogP contribution in [0.2, 0.25) is 0 Å². The molecule has 0 aliphatic heterocycles. The van der Waals surface area contributed by atoms with Gasteiger partial charge in [-0.3, -0.25) is 4.98 Å². The number of anilines is 3. The number of benzene rings is 1. The molecule has 0 bridgehead atoms. The van der Waals surface area contributed by atoms with Crippen LogP contribution in [0.15, 0.2) is 48.8 Å². The van der Waals surface area contributed by atoms with E-state index in [0.29, 0.717) is 12.0 Å². The summed E-state index contributed by atoms with van der Waals surface area (Å²) in [7, 11) is 0. The Hall–Kier alpha value is -2.95. The summed E-state index contributed by atoms with van der Waals surface area (Å²) in [6, 6.07) is 12.9. The molecule has 2 heterocycles. The van der Waals surface area contributed by atoms with Gasteiger partial charge in [0.05, 0.1) is 5.69 Å². The zero-order chi connectivity index (χ0) is 19.3. The topological polar surface area (TPSA) is 62.7 Å². The van der Waals surface area contributed by atoms with Crippen LogP contribution in [0.1, 0.15) is 43.2 Å². The summed E-state index contributed by atoms with van der Waals surface area (Å²) >= 11 is 0. The normalized spacial score (nSPS) is 14.6. The van der Waals surface area contributed by atoms with E-state index in [1.54, 1.807) is 12.4 Å². The molecular weight excluding hydrogens is 346 g/mol. The van der Waals surface area contributed by atoms with Gasteiger partial charge in [-0.25, -0.2) is 4.98 Å². The third-order valence-electron chi connectivity index (χ3n) is 5.13. The molecule has 0 amide bonds. The molecule has 0 unspecified atom stereocenters. The van der Waals surface area contributed by atoms with Crippen molar-refractivity contribution >= 4 is 17.5 Å². The first-order chi connectivity index (χ1) is 13.7. The molecule has 0 saturated heterocycles. The molecule has 0 spiro atoms. The number of aromatic nitrogens is 3. The van der Waals surface area contributed by atoms with Gasteiger partial charge in [-0.05, 0) is 62.1 Å². The second kappa shape index (κ2) is 8.38. The van der Waals surface area contributed by atoms with E-state index in [1.807, 2.05) is 18.2 Å². The number of hydrogen-bond acceptors (Lipinski definition) is 5. The predicted octanol–water partition coefficient (Wildman–Crippen LogP) is 5.64. The fraction of sp³-hybridized carbons (Fsp3) is 0.348. The van der Waals surface area contributed by atoms with Crippen LogP contribution >= 0.6 is 0 Å². The summed E-state index contributed by atoms with van der Waals surface area (Å²) in [4.78, 5) is 13.7. The molecule has 2 aromatic heterocycles. The van der Waals surface area contributed by atoms with Crippen LogP contribution in [0, 0.1) is 13.8 Å². The Morgan fingerprint density at radius 2 is 1.57 bits per heavy atom. The van der Waals surface area contributed by atoms with E-state index in [1.165, 1.54) is 43.2 Å². The zero-order valence-corrected chi connectivity index (χ0v) is 16.6. The van der Waals surface area contributed by atoms with E-state index in [2.05, 4.69) is 47.7 Å². The molecule has 28 heavy (non-hydrogen) atoms. The van der Waals surface area contributed by atoms with Crippen molar-refractivity contribution in [2.75, 3.05) is 10.6 Å². The summed E-state index contributed by atoms with van der Waals surface area (Å²) in [5.41, 5.74) is 5.42. The minimum Gasteiger partial charge on any atom is -0.351 e. The standard InChI is InChI=1S/C23H27N5/c1-16-12-17(2)14-20(13-16)25-22-15-21(18-8-10-24-11-9-18)27-23(28-22)26-19-6-4-3-5-7-19/h8-15,19H,3-7H2,1-2H3,(H2,25,26,27,28). The Balaban J connectivity index is 1.66. The molecule has 4 rings (SSSR count). The molecule has 2 N–H and O–H groups in total. The van der Waals surface area contributed by atoms with Gasteiger partial charge in [0.1, 0.15) is 5.82 Å². The van der Waals surface area contributed by atoms with Crippen LogP contribution < -0.4 is 10.6 Å². The largest absolute Gasteiger partial charge is 0.351 e. The number of nitrogens with one attached hydrogen (secondary N) is 2. The Kier molecular flexibility index (Phi) is 5.51. The Bertz CT molecular complexity index is 913. The lowest BCUT2D eigenvalue weighted by Gasteiger charge is -2.23. The van der Waals surface area contributed by atoms with Gasteiger partial charge in [0.15, 0.2) is 0 Å². The SMILES string of the molecule is Cc1cc(C)cc(Nc2cc(-c3ccncc3)nc(NC3CCCCC3)n2)c1. The van der Waals surface area contributed by atoms with Gasteiger partial charge in [0, 0.05) is 35.8 Å². The quantitative estimate of drug-likeness (QED) is 0.605. The number of pyridine rings is 1. The van der Waals surface area contributed by atoms with Gasteiger partial charge < -0.3 is 10.6 Å². The molecule has 144 valence electrons. The average Bonchev–Trinajstić information content (AvgIpc) is 2.68. The van der Waals surface area contributed by atoms with Gasteiger partial charge >= 0.3 is 0 Å². The minimum absolute atomic E-state index is 0.454. The molecule has 3 aromatic rings. The van der Waals surface area contributed by atoms with Crippen molar-refractivity contribution < 1.29 is 0 Å². The van der Waals surface area contributed by atoms with Crippen LogP contribution in [0.5, 0.6) is 0 Å². The Morgan fingerprint density at radius 3 is 2.29 bits per heavy atom. The van der Waals surface area contributed by atoms with E-state index in [4.69, 9.17) is 9.97 Å². The maximum Gasteiger partial charge on any atom is 0.225 e. The van der Waals surface area contributed by atoms with Crippen LogP contribution in [-0.2, 0) is 0 Å². The fourth-order valence-corrected chi connectivity index (χ4v) is 3.87. The lowest BCUT2D eigenvalue weighted by atomic mass is 9.96. The molecule has 5 nitrogen and oxygen atoms in total.